The molecule has 1 aromatic carbocycles. The summed E-state index contributed by atoms with van der Waals surface area (Å²) in [5, 5.41) is 0.216. The Labute approximate surface area is 97.3 Å². The minimum Gasteiger partial charge on any atom is -0.379 e. The maximum atomic E-state index is 11.6. The minimum absolute atomic E-state index is 0.0802. The van der Waals surface area contributed by atoms with Crippen molar-refractivity contribution in [3.8, 4) is 0 Å². The predicted octanol–water partition coefficient (Wildman–Crippen LogP) is 1.53. The normalized spacial score (nSPS) is 10.3. The molecule has 1 aromatic heterocycles. The van der Waals surface area contributed by atoms with E-state index in [9.17, 15) is 4.79 Å². The molecular weight excluding hydrogens is 226 g/mol. The van der Waals surface area contributed by atoms with Gasteiger partial charge in [0, 0.05) is 6.20 Å². The van der Waals surface area contributed by atoms with Gasteiger partial charge in [-0.3, -0.25) is 4.79 Å². The molecule has 0 spiro atoms. The van der Waals surface area contributed by atoms with Gasteiger partial charge in [-0.1, -0.05) is 41.9 Å². The zero-order valence-electron chi connectivity index (χ0n) is 8.43. The molecule has 0 radical (unpaired) electrons. The highest BCUT2D eigenvalue weighted by atomic mass is 35.5. The van der Waals surface area contributed by atoms with E-state index in [2.05, 4.69) is 4.98 Å². The Morgan fingerprint density at radius 3 is 2.69 bits per heavy atom. The number of anilines is 1. The van der Waals surface area contributed by atoms with Crippen LogP contribution in [0.3, 0.4) is 0 Å². The molecule has 0 amide bonds. The van der Waals surface area contributed by atoms with Crippen LogP contribution in [-0.2, 0) is 6.54 Å². The molecule has 0 atom stereocenters. The van der Waals surface area contributed by atoms with Crippen molar-refractivity contribution in [3.05, 3.63) is 57.6 Å². The topological polar surface area (TPSA) is 60.9 Å². The van der Waals surface area contributed by atoms with Crippen LogP contribution < -0.4 is 11.3 Å². The van der Waals surface area contributed by atoms with Crippen LogP contribution in [0.2, 0.25) is 5.15 Å². The Morgan fingerprint density at radius 2 is 2.00 bits per heavy atom. The quantitative estimate of drug-likeness (QED) is 0.859. The third-order valence-corrected chi connectivity index (χ3v) is 2.35. The van der Waals surface area contributed by atoms with Gasteiger partial charge in [-0.2, -0.15) is 0 Å². The van der Waals surface area contributed by atoms with Gasteiger partial charge >= 0.3 is 0 Å². The summed E-state index contributed by atoms with van der Waals surface area (Å²) in [5.41, 5.74) is 6.13. The van der Waals surface area contributed by atoms with E-state index in [4.69, 9.17) is 17.3 Å². The number of hydrogen-bond donors (Lipinski definition) is 1. The molecule has 2 rings (SSSR count). The second-order valence-electron chi connectivity index (χ2n) is 3.37. The number of nitrogens with zero attached hydrogens (tertiary/aromatic N) is 2. The molecule has 0 aliphatic heterocycles. The van der Waals surface area contributed by atoms with Crippen molar-refractivity contribution in [3.63, 3.8) is 0 Å². The molecule has 0 aliphatic carbocycles. The first-order chi connectivity index (χ1) is 7.66. The zero-order chi connectivity index (χ0) is 11.5. The van der Waals surface area contributed by atoms with Crippen LogP contribution in [0, 0.1) is 0 Å². The van der Waals surface area contributed by atoms with Crippen molar-refractivity contribution in [2.75, 3.05) is 5.73 Å². The first-order valence-corrected chi connectivity index (χ1v) is 5.11. The van der Waals surface area contributed by atoms with Gasteiger partial charge in [0.05, 0.1) is 6.54 Å². The Kier molecular flexibility index (Phi) is 2.92. The molecule has 0 saturated heterocycles. The largest absolute Gasteiger partial charge is 0.379 e. The van der Waals surface area contributed by atoms with Crippen LogP contribution in [0.15, 0.2) is 41.3 Å². The molecule has 4 nitrogen and oxygen atoms in total. The second kappa shape index (κ2) is 4.37. The van der Waals surface area contributed by atoms with Crippen molar-refractivity contribution in [1.29, 1.82) is 0 Å². The Bertz CT molecular complexity index is 551. The molecule has 2 aromatic rings. The van der Waals surface area contributed by atoms with Gasteiger partial charge < -0.3 is 10.3 Å². The Morgan fingerprint density at radius 1 is 1.31 bits per heavy atom. The summed E-state index contributed by atoms with van der Waals surface area (Å²) in [7, 11) is 0. The SMILES string of the molecule is Nc1nc(Cl)cn(Cc2ccccc2)c1=O. The number of aromatic nitrogens is 2. The molecule has 0 bridgehead atoms. The first-order valence-electron chi connectivity index (χ1n) is 4.73. The van der Waals surface area contributed by atoms with Crippen LogP contribution in [0.5, 0.6) is 0 Å². The molecule has 5 heteroatoms. The molecule has 0 unspecified atom stereocenters. The number of nitrogen functional groups attached to an aromatic ring is 1. The third kappa shape index (κ3) is 2.23. The molecule has 1 heterocycles. The van der Waals surface area contributed by atoms with Gasteiger partial charge in [0.1, 0.15) is 5.15 Å². The standard InChI is InChI=1S/C11H10ClN3O/c12-9-7-15(11(16)10(13)14-9)6-8-4-2-1-3-5-8/h1-5,7H,6H2,(H2,13,14). The van der Waals surface area contributed by atoms with Crippen molar-refractivity contribution in [2.45, 2.75) is 6.54 Å². The van der Waals surface area contributed by atoms with Gasteiger partial charge in [-0.25, -0.2) is 4.98 Å². The third-order valence-electron chi connectivity index (χ3n) is 2.17. The predicted molar refractivity (Wildman–Crippen MR) is 63.5 cm³/mol. The maximum absolute atomic E-state index is 11.6. The number of hydrogen-bond acceptors (Lipinski definition) is 3. The van der Waals surface area contributed by atoms with Crippen LogP contribution >= 0.6 is 11.6 Å². The van der Waals surface area contributed by atoms with E-state index >= 15 is 0 Å². The van der Waals surface area contributed by atoms with E-state index in [0.29, 0.717) is 6.54 Å². The number of rotatable bonds is 2. The van der Waals surface area contributed by atoms with E-state index in [0.717, 1.165) is 5.56 Å². The fourth-order valence-corrected chi connectivity index (χ4v) is 1.63. The molecular formula is C11H10ClN3O. The lowest BCUT2D eigenvalue weighted by atomic mass is 10.2. The van der Waals surface area contributed by atoms with E-state index in [1.165, 1.54) is 10.8 Å². The van der Waals surface area contributed by atoms with Crippen molar-refractivity contribution in [2.24, 2.45) is 0 Å². The highest BCUT2D eigenvalue weighted by molar-refractivity contribution is 6.29. The summed E-state index contributed by atoms with van der Waals surface area (Å²) < 4.78 is 1.44. The highest BCUT2D eigenvalue weighted by Crippen LogP contribution is 2.06. The van der Waals surface area contributed by atoms with E-state index in [-0.39, 0.29) is 16.5 Å². The molecule has 2 N–H and O–H groups in total. The van der Waals surface area contributed by atoms with Crippen LogP contribution in [0.1, 0.15) is 5.56 Å². The summed E-state index contributed by atoms with van der Waals surface area (Å²) in [6.45, 7) is 0.437. The monoisotopic (exact) mass is 235 g/mol. The molecule has 16 heavy (non-hydrogen) atoms. The minimum atomic E-state index is -0.326. The smallest absolute Gasteiger partial charge is 0.293 e. The Hall–Kier alpha value is -1.81. The van der Waals surface area contributed by atoms with E-state index < -0.39 is 0 Å². The van der Waals surface area contributed by atoms with Gasteiger partial charge in [0.15, 0.2) is 5.82 Å². The number of halogens is 1. The second-order valence-corrected chi connectivity index (χ2v) is 3.75. The molecule has 0 fully saturated rings. The summed E-state index contributed by atoms with van der Waals surface area (Å²) >= 11 is 5.74. The summed E-state index contributed by atoms with van der Waals surface area (Å²) in [5.74, 6) is -0.0802. The number of benzene rings is 1. The van der Waals surface area contributed by atoms with Gasteiger partial charge in [0.2, 0.25) is 0 Å². The fraction of sp³-hybridized carbons (Fsp3) is 0.0909. The molecule has 82 valence electrons. The van der Waals surface area contributed by atoms with Crippen LogP contribution in [-0.4, -0.2) is 9.55 Å². The summed E-state index contributed by atoms with van der Waals surface area (Å²) in [4.78, 5) is 15.3. The van der Waals surface area contributed by atoms with E-state index in [1.807, 2.05) is 30.3 Å². The lowest BCUT2D eigenvalue weighted by Gasteiger charge is -2.06. The fourth-order valence-electron chi connectivity index (χ4n) is 1.42. The zero-order valence-corrected chi connectivity index (χ0v) is 9.19. The van der Waals surface area contributed by atoms with Crippen LogP contribution in [0.4, 0.5) is 5.82 Å². The summed E-state index contributed by atoms with van der Waals surface area (Å²) in [6, 6.07) is 9.59. The highest BCUT2D eigenvalue weighted by Gasteiger charge is 2.04. The lowest BCUT2D eigenvalue weighted by molar-refractivity contribution is 0.752. The average molecular weight is 236 g/mol. The van der Waals surface area contributed by atoms with Crippen molar-refractivity contribution < 1.29 is 0 Å². The van der Waals surface area contributed by atoms with Crippen molar-refractivity contribution >= 4 is 17.4 Å². The van der Waals surface area contributed by atoms with Crippen LogP contribution in [0.25, 0.3) is 0 Å². The Balaban J connectivity index is 2.39. The van der Waals surface area contributed by atoms with Gasteiger partial charge in [-0.15, -0.1) is 0 Å². The molecule has 0 aliphatic rings. The van der Waals surface area contributed by atoms with Gasteiger partial charge in [-0.05, 0) is 5.56 Å². The molecule has 0 saturated carbocycles. The average Bonchev–Trinajstić information content (AvgIpc) is 2.27. The van der Waals surface area contributed by atoms with Gasteiger partial charge in [0.25, 0.3) is 5.56 Å². The lowest BCUT2D eigenvalue weighted by Crippen LogP contribution is -2.24. The van der Waals surface area contributed by atoms with Crippen molar-refractivity contribution in [1.82, 2.24) is 9.55 Å². The number of nitrogens with two attached hydrogens (primary N) is 1. The summed E-state index contributed by atoms with van der Waals surface area (Å²) in [6.07, 6.45) is 1.48. The maximum Gasteiger partial charge on any atom is 0.293 e. The first kappa shape index (κ1) is 10.7. The van der Waals surface area contributed by atoms with E-state index in [1.54, 1.807) is 0 Å².